The molecule has 1 rings (SSSR count). The molecule has 0 bridgehead atoms. The fourth-order valence-corrected chi connectivity index (χ4v) is 1.34. The summed E-state index contributed by atoms with van der Waals surface area (Å²) in [7, 11) is 1.40. The highest BCUT2D eigenvalue weighted by atomic mass is 16.6. The molecule has 17 heavy (non-hydrogen) atoms. The van der Waals surface area contributed by atoms with Crippen molar-refractivity contribution >= 4 is 11.6 Å². The Morgan fingerprint density at radius 2 is 2.18 bits per heavy atom. The van der Waals surface area contributed by atoms with Crippen molar-refractivity contribution in [3.05, 3.63) is 33.9 Å². The molecule has 0 aliphatic rings. The molecule has 0 aliphatic carbocycles. The molecule has 7 nitrogen and oxygen atoms in total. The van der Waals surface area contributed by atoms with Crippen molar-refractivity contribution < 1.29 is 14.5 Å². The van der Waals surface area contributed by atoms with Crippen LogP contribution in [0.3, 0.4) is 0 Å². The summed E-state index contributed by atoms with van der Waals surface area (Å²) in [5.41, 5.74) is 10.9. The van der Waals surface area contributed by atoms with Crippen molar-refractivity contribution in [1.82, 2.24) is 0 Å². The smallest absolute Gasteiger partial charge is 0.273 e. The number of benzene rings is 1. The van der Waals surface area contributed by atoms with Crippen molar-refractivity contribution in [2.75, 3.05) is 7.11 Å². The average molecular weight is 239 g/mol. The second-order valence-corrected chi connectivity index (χ2v) is 3.51. The van der Waals surface area contributed by atoms with Crippen LogP contribution in [0.25, 0.3) is 0 Å². The Kier molecular flexibility index (Phi) is 4.00. The summed E-state index contributed by atoms with van der Waals surface area (Å²) in [4.78, 5) is 20.9. The third-order valence-corrected chi connectivity index (χ3v) is 2.22. The standard InChI is InChI=1S/C10H13N3O4/c1-17-8-3-6(4-9(11)10(12)14)2-7(5-8)13(15)16/h2-3,5,9H,4,11H2,1H3,(H2,12,14). The Labute approximate surface area is 97.5 Å². The van der Waals surface area contributed by atoms with Crippen molar-refractivity contribution in [1.29, 1.82) is 0 Å². The molecule has 0 heterocycles. The first-order valence-corrected chi connectivity index (χ1v) is 4.81. The van der Waals surface area contributed by atoms with E-state index in [0.717, 1.165) is 0 Å². The Balaban J connectivity index is 3.02. The minimum Gasteiger partial charge on any atom is -0.496 e. The molecule has 1 unspecified atom stereocenters. The van der Waals surface area contributed by atoms with Gasteiger partial charge in [-0.2, -0.15) is 0 Å². The maximum atomic E-state index is 10.8. The molecule has 4 N–H and O–H groups in total. The molecule has 0 aromatic heterocycles. The van der Waals surface area contributed by atoms with E-state index < -0.39 is 16.9 Å². The van der Waals surface area contributed by atoms with E-state index in [0.29, 0.717) is 11.3 Å². The van der Waals surface area contributed by atoms with E-state index in [1.54, 1.807) is 6.07 Å². The molecular formula is C10H13N3O4. The van der Waals surface area contributed by atoms with E-state index in [4.69, 9.17) is 16.2 Å². The van der Waals surface area contributed by atoms with Gasteiger partial charge in [0.15, 0.2) is 0 Å². The lowest BCUT2D eigenvalue weighted by atomic mass is 10.1. The molecule has 7 heteroatoms. The van der Waals surface area contributed by atoms with Crippen molar-refractivity contribution in [2.24, 2.45) is 11.5 Å². The van der Waals surface area contributed by atoms with E-state index in [1.807, 2.05) is 0 Å². The predicted octanol–water partition coefficient (Wildman–Crippen LogP) is -0.0415. The van der Waals surface area contributed by atoms with Crippen LogP contribution in [0.1, 0.15) is 5.56 Å². The van der Waals surface area contributed by atoms with Gasteiger partial charge in [0.1, 0.15) is 5.75 Å². The van der Waals surface area contributed by atoms with E-state index in [1.165, 1.54) is 19.2 Å². The highest BCUT2D eigenvalue weighted by Crippen LogP contribution is 2.23. The molecule has 92 valence electrons. The minimum absolute atomic E-state index is 0.115. The van der Waals surface area contributed by atoms with Crippen LogP contribution in [0.5, 0.6) is 5.75 Å². The summed E-state index contributed by atoms with van der Waals surface area (Å²) in [6, 6.07) is 3.34. The number of carbonyl (C=O) groups is 1. The van der Waals surface area contributed by atoms with E-state index in [-0.39, 0.29) is 12.1 Å². The molecule has 0 saturated heterocycles. The monoisotopic (exact) mass is 239 g/mol. The molecule has 0 aliphatic heterocycles. The number of nitrogens with two attached hydrogens (primary N) is 2. The number of amides is 1. The lowest BCUT2D eigenvalue weighted by molar-refractivity contribution is -0.385. The third-order valence-electron chi connectivity index (χ3n) is 2.22. The Morgan fingerprint density at radius 3 is 2.65 bits per heavy atom. The first-order valence-electron chi connectivity index (χ1n) is 4.81. The molecule has 1 atom stereocenters. The summed E-state index contributed by atoms with van der Waals surface area (Å²) in [5, 5.41) is 10.7. The Hall–Kier alpha value is -2.15. The van der Waals surface area contributed by atoms with Crippen LogP contribution >= 0.6 is 0 Å². The summed E-state index contributed by atoms with van der Waals surface area (Å²) in [6.45, 7) is 0. The minimum atomic E-state index is -0.873. The number of nitrogens with zero attached hydrogens (tertiary/aromatic N) is 1. The van der Waals surface area contributed by atoms with E-state index in [2.05, 4.69) is 0 Å². The number of rotatable bonds is 5. The molecule has 0 radical (unpaired) electrons. The largest absolute Gasteiger partial charge is 0.496 e. The normalized spacial score (nSPS) is 11.9. The van der Waals surface area contributed by atoms with Gasteiger partial charge in [0, 0.05) is 6.07 Å². The van der Waals surface area contributed by atoms with Gasteiger partial charge in [-0.1, -0.05) is 0 Å². The van der Waals surface area contributed by atoms with Gasteiger partial charge in [0.25, 0.3) is 5.69 Å². The zero-order valence-electron chi connectivity index (χ0n) is 9.25. The van der Waals surface area contributed by atoms with Gasteiger partial charge in [0.05, 0.1) is 24.1 Å². The number of carbonyl (C=O) groups excluding carboxylic acids is 1. The molecule has 0 saturated carbocycles. The van der Waals surface area contributed by atoms with Crippen LogP contribution in [0.15, 0.2) is 18.2 Å². The van der Waals surface area contributed by atoms with Gasteiger partial charge < -0.3 is 16.2 Å². The fourth-order valence-electron chi connectivity index (χ4n) is 1.34. The number of hydrogen-bond acceptors (Lipinski definition) is 5. The number of methoxy groups -OCH3 is 1. The van der Waals surface area contributed by atoms with Gasteiger partial charge in [-0.05, 0) is 18.1 Å². The SMILES string of the molecule is COc1cc(CC(N)C(N)=O)cc([N+](=O)[O-])c1. The van der Waals surface area contributed by atoms with Gasteiger partial charge in [-0.3, -0.25) is 14.9 Å². The predicted molar refractivity (Wildman–Crippen MR) is 60.5 cm³/mol. The second-order valence-electron chi connectivity index (χ2n) is 3.51. The quantitative estimate of drug-likeness (QED) is 0.551. The molecule has 1 aromatic carbocycles. The summed E-state index contributed by atoms with van der Waals surface area (Å²) in [6.07, 6.45) is 0.132. The maximum absolute atomic E-state index is 10.8. The summed E-state index contributed by atoms with van der Waals surface area (Å²) >= 11 is 0. The molecular weight excluding hydrogens is 226 g/mol. The number of ether oxygens (including phenoxy) is 1. The van der Waals surface area contributed by atoms with Crippen LogP contribution in [0.4, 0.5) is 5.69 Å². The van der Waals surface area contributed by atoms with Crippen molar-refractivity contribution in [2.45, 2.75) is 12.5 Å². The molecule has 0 fully saturated rings. The second kappa shape index (κ2) is 5.26. The topological polar surface area (TPSA) is 121 Å². The van der Waals surface area contributed by atoms with Gasteiger partial charge in [-0.15, -0.1) is 0 Å². The highest BCUT2D eigenvalue weighted by Gasteiger charge is 2.15. The lowest BCUT2D eigenvalue weighted by Crippen LogP contribution is -2.38. The first-order chi connectivity index (χ1) is 7.93. The van der Waals surface area contributed by atoms with Crippen LogP contribution in [0.2, 0.25) is 0 Å². The van der Waals surface area contributed by atoms with Gasteiger partial charge >= 0.3 is 0 Å². The molecule has 0 spiro atoms. The zero-order valence-corrected chi connectivity index (χ0v) is 9.25. The van der Waals surface area contributed by atoms with Crippen LogP contribution in [-0.2, 0) is 11.2 Å². The first kappa shape index (κ1) is 12.9. The molecule has 1 aromatic rings. The maximum Gasteiger partial charge on any atom is 0.273 e. The highest BCUT2D eigenvalue weighted by molar-refractivity contribution is 5.79. The number of nitro groups is 1. The van der Waals surface area contributed by atoms with Crippen LogP contribution < -0.4 is 16.2 Å². The number of hydrogen-bond donors (Lipinski definition) is 2. The Morgan fingerprint density at radius 1 is 1.53 bits per heavy atom. The van der Waals surface area contributed by atoms with Gasteiger partial charge in [0.2, 0.25) is 5.91 Å². The van der Waals surface area contributed by atoms with E-state index >= 15 is 0 Å². The number of primary amides is 1. The van der Waals surface area contributed by atoms with Crippen LogP contribution in [0, 0.1) is 10.1 Å². The zero-order chi connectivity index (χ0) is 13.0. The number of nitro benzene ring substituents is 1. The lowest BCUT2D eigenvalue weighted by Gasteiger charge is -2.08. The number of non-ortho nitro benzene ring substituents is 1. The average Bonchev–Trinajstić information content (AvgIpc) is 2.28. The summed E-state index contributed by atoms with van der Waals surface area (Å²) < 4.78 is 4.93. The molecule has 1 amide bonds. The third kappa shape index (κ3) is 3.42. The summed E-state index contributed by atoms with van der Waals surface area (Å²) in [5.74, 6) is -0.318. The van der Waals surface area contributed by atoms with Gasteiger partial charge in [-0.25, -0.2) is 0 Å². The van der Waals surface area contributed by atoms with Crippen LogP contribution in [-0.4, -0.2) is 24.0 Å². The van der Waals surface area contributed by atoms with Crippen molar-refractivity contribution in [3.8, 4) is 5.75 Å². The fraction of sp³-hybridized carbons (Fsp3) is 0.300. The van der Waals surface area contributed by atoms with Crippen molar-refractivity contribution in [3.63, 3.8) is 0 Å². The Bertz CT molecular complexity index is 447. The van der Waals surface area contributed by atoms with E-state index in [9.17, 15) is 14.9 Å².